The van der Waals surface area contributed by atoms with Gasteiger partial charge in [0.05, 0.1) is 73.0 Å². The Bertz CT molecular complexity index is 1330. The first-order valence-electron chi connectivity index (χ1n) is 17.7. The molecule has 0 aliphatic heterocycles. The number of rotatable bonds is 17. The number of nitrogens with two attached hydrogens (primary N) is 3. The van der Waals surface area contributed by atoms with Gasteiger partial charge in [0.2, 0.25) is 0 Å². The average molecular weight is 1030 g/mol. The smallest absolute Gasteiger partial charge is 0.480 e. The minimum atomic E-state index is -6.72. The number of ether oxygens (including phenoxy) is 3. The van der Waals surface area contributed by atoms with E-state index in [1.165, 1.54) is 0 Å². The lowest BCUT2D eigenvalue weighted by Crippen LogP contribution is -3.00. The van der Waals surface area contributed by atoms with E-state index in [-0.39, 0.29) is 24.0 Å². The van der Waals surface area contributed by atoms with Crippen LogP contribution in [-0.2, 0) is 34.3 Å². The van der Waals surface area contributed by atoms with E-state index in [9.17, 15) is 57.6 Å². The number of halogens is 7. The third kappa shape index (κ3) is 33.1. The van der Waals surface area contributed by atoms with Gasteiger partial charge < -0.3 is 84.4 Å². The zero-order valence-corrected chi connectivity index (χ0v) is 39.4. The van der Waals surface area contributed by atoms with Crippen LogP contribution in [0.5, 0.6) is 0 Å². The van der Waals surface area contributed by atoms with Crippen molar-refractivity contribution in [2.75, 3.05) is 92.6 Å². The normalized spacial score (nSPS) is 12.9. The van der Waals surface area contributed by atoms with E-state index >= 15 is 0 Å². The summed E-state index contributed by atoms with van der Waals surface area (Å²) in [6, 6.07) is 0. The highest BCUT2D eigenvalue weighted by molar-refractivity contribution is 8.13. The zero-order valence-electron chi connectivity index (χ0n) is 35.6. The number of hydrogen-bond donors (Lipinski definition) is 6. The van der Waals surface area contributed by atoms with Gasteiger partial charge in [-0.2, -0.15) is 26.3 Å². The van der Waals surface area contributed by atoms with Crippen LogP contribution >= 0.6 is 0 Å². The van der Waals surface area contributed by atoms with Gasteiger partial charge in [-0.05, 0) is 62.3 Å². The van der Waals surface area contributed by atoms with Gasteiger partial charge in [0.25, 0.3) is 0 Å². The fourth-order valence-electron chi connectivity index (χ4n) is 4.05. The van der Waals surface area contributed by atoms with Crippen LogP contribution in [0.25, 0.3) is 4.13 Å². The molecule has 0 bridgehead atoms. The van der Waals surface area contributed by atoms with Crippen LogP contribution in [-0.4, -0.2) is 165 Å². The Morgan fingerprint density at radius 3 is 0.881 bits per heavy atom. The molecule has 0 rings (SSSR count). The molecule has 0 aliphatic carbocycles. The number of alkyl carbamates (subject to hydrolysis) is 3. The van der Waals surface area contributed by atoms with E-state index in [0.717, 1.165) is 28.2 Å². The van der Waals surface area contributed by atoms with Gasteiger partial charge in [0.15, 0.2) is 20.0 Å². The molecule has 3 amide bonds. The Kier molecular flexibility index (Phi) is 28.3. The third-order valence-corrected chi connectivity index (χ3v) is 9.49. The van der Waals surface area contributed by atoms with Crippen molar-refractivity contribution in [1.29, 1.82) is 0 Å². The predicted octanol–water partition coefficient (Wildman–Crippen LogP) is -0.620. The Morgan fingerprint density at radius 1 is 0.508 bits per heavy atom. The van der Waals surface area contributed by atoms with Crippen molar-refractivity contribution < 1.29 is 105 Å². The summed E-state index contributed by atoms with van der Waals surface area (Å²) in [6.45, 7) is 24.1. The second-order valence-electron chi connectivity index (χ2n) is 16.1. The quantitative estimate of drug-likeness (QED) is 0.0460. The van der Waals surface area contributed by atoms with Crippen molar-refractivity contribution in [3.05, 3.63) is 4.13 Å². The molecule has 0 unspecified atom stereocenters. The second kappa shape index (κ2) is 26.3. The molecule has 0 aromatic heterocycles. The number of amides is 3. The van der Waals surface area contributed by atoms with Gasteiger partial charge in [-0.3, -0.25) is 0 Å². The molecular weight excluding hydrogens is 963 g/mol. The number of carbonyl (C=O) groups is 3. The third-order valence-electron chi connectivity index (χ3n) is 6.75. The molecule has 0 aromatic rings. The molecule has 9 N–H and O–H groups in total. The van der Waals surface area contributed by atoms with Gasteiger partial charge in [0, 0.05) is 19.6 Å². The summed E-state index contributed by atoms with van der Waals surface area (Å²) < 4.78 is 126. The molecule has 0 saturated heterocycles. The molecule has 356 valence electrons. The highest BCUT2D eigenvalue weighted by atomic mass is 127. The first-order chi connectivity index (χ1) is 25.7. The summed E-state index contributed by atoms with van der Waals surface area (Å²) >= 11 is 0. The predicted molar refractivity (Wildman–Crippen MR) is 205 cm³/mol. The number of carbonyl (C=O) groups excluding carboxylic acids is 3. The van der Waals surface area contributed by atoms with Crippen molar-refractivity contribution in [2.24, 2.45) is 17.2 Å². The SMILES string of the molecule is CC(C)(C)OC(=O)NCC[N+](C)(CCNC(=O)OC(C)(C)C)CCNC(=O)OC(C)(C)C.C[N+](CCN)(CCN)CCN.O=S(=O)([N-]S(=O)(=O)C(F)(F)F)C(F)(F)F.[I-]. The number of sulfonamides is 2. The van der Waals surface area contributed by atoms with Gasteiger partial charge in [0.1, 0.15) is 16.8 Å². The minimum Gasteiger partial charge on any atom is -1.00 e. The van der Waals surface area contributed by atoms with Crippen molar-refractivity contribution in [3.8, 4) is 0 Å². The maximum atomic E-state index is 11.9. The first kappa shape index (κ1) is 63.4. The molecule has 0 saturated carbocycles. The van der Waals surface area contributed by atoms with Crippen LogP contribution in [0.15, 0.2) is 0 Å². The standard InChI is InChI=1S/C22H44N4O6.C7H21N4.C2F6NO4S2.HI/c1-20(2,3)30-17(27)23-11-14-26(10,15-12-24-18(28)31-21(4,5)6)16-13-25-19(29)32-22(7,8)9;1-11(5-2-8,6-3-9)7-4-10;3-1(4,5)14(10,11)9-15(12,13)2(6,7)8;/h11-16H2,1-10H3,(H2-,23,24,25,27,28,29);2-10H2,1H3;;1H/q;+1;-1;. The van der Waals surface area contributed by atoms with E-state index in [0.29, 0.717) is 63.4 Å². The van der Waals surface area contributed by atoms with Crippen LogP contribution in [0.4, 0.5) is 40.7 Å². The highest BCUT2D eigenvalue weighted by Gasteiger charge is 2.47. The highest BCUT2D eigenvalue weighted by Crippen LogP contribution is 2.36. The lowest BCUT2D eigenvalue weighted by Gasteiger charge is -2.35. The maximum Gasteiger partial charge on any atom is 0.480 e. The number of likely N-dealkylation sites (N-methyl/N-ethyl adjacent to an activating group) is 2. The summed E-state index contributed by atoms with van der Waals surface area (Å²) in [5.41, 5.74) is 2.31. The lowest BCUT2D eigenvalue weighted by atomic mass is 10.2. The lowest BCUT2D eigenvalue weighted by molar-refractivity contribution is -0.906. The number of quaternary nitrogens is 2. The second-order valence-corrected chi connectivity index (χ2v) is 19.6. The van der Waals surface area contributed by atoms with Crippen LogP contribution in [0.2, 0.25) is 0 Å². The molecule has 0 aromatic carbocycles. The molecule has 0 fully saturated rings. The van der Waals surface area contributed by atoms with Crippen molar-refractivity contribution >= 4 is 38.3 Å². The number of hydrogen-bond acceptors (Lipinski definition) is 13. The van der Waals surface area contributed by atoms with Crippen molar-refractivity contribution in [3.63, 3.8) is 0 Å². The maximum absolute atomic E-state index is 11.9. The minimum absolute atomic E-state index is 0. The van der Waals surface area contributed by atoms with Gasteiger partial charge in [-0.1, -0.05) is 0 Å². The number of nitrogens with zero attached hydrogens (tertiary/aromatic N) is 3. The Balaban J connectivity index is -0.000000461. The molecule has 0 aliphatic rings. The monoisotopic (exact) mass is 1030 g/mol. The average Bonchev–Trinajstić information content (AvgIpc) is 2.93. The van der Waals surface area contributed by atoms with Crippen LogP contribution < -0.4 is 57.1 Å². The topological polar surface area (TPSA) is 275 Å². The summed E-state index contributed by atoms with van der Waals surface area (Å²) in [4.78, 5) is 35.8. The molecule has 0 atom stereocenters. The summed E-state index contributed by atoms with van der Waals surface area (Å²) in [5.74, 6) is 0. The Labute approximate surface area is 361 Å². The molecule has 0 spiro atoms. The molecule has 28 heteroatoms. The van der Waals surface area contributed by atoms with Crippen LogP contribution in [0, 0.1) is 0 Å². The van der Waals surface area contributed by atoms with Gasteiger partial charge in [-0.15, -0.1) is 0 Å². The van der Waals surface area contributed by atoms with E-state index in [4.69, 9.17) is 31.4 Å². The van der Waals surface area contributed by atoms with Gasteiger partial charge in [-0.25, -0.2) is 31.2 Å². The van der Waals surface area contributed by atoms with E-state index in [1.807, 2.05) is 7.05 Å². The molecule has 59 heavy (non-hydrogen) atoms. The van der Waals surface area contributed by atoms with E-state index < -0.39 is 66.1 Å². The summed E-state index contributed by atoms with van der Waals surface area (Å²) in [5, 5.41) is 8.26. The Morgan fingerprint density at radius 2 is 0.712 bits per heavy atom. The zero-order chi connectivity index (χ0) is 46.7. The van der Waals surface area contributed by atoms with Gasteiger partial charge >= 0.3 is 29.3 Å². The van der Waals surface area contributed by atoms with E-state index in [2.05, 4.69) is 23.0 Å². The molecule has 19 nitrogen and oxygen atoms in total. The van der Waals surface area contributed by atoms with Crippen molar-refractivity contribution in [1.82, 2.24) is 16.0 Å². The van der Waals surface area contributed by atoms with E-state index in [1.54, 1.807) is 62.3 Å². The van der Waals surface area contributed by atoms with Crippen LogP contribution in [0.3, 0.4) is 0 Å². The van der Waals surface area contributed by atoms with Crippen LogP contribution in [0.1, 0.15) is 62.3 Å². The fraction of sp³-hybridized carbons (Fsp3) is 0.903. The summed E-state index contributed by atoms with van der Waals surface area (Å²) in [7, 11) is -9.31. The summed E-state index contributed by atoms with van der Waals surface area (Å²) in [6.07, 6.45) is -1.45. The van der Waals surface area contributed by atoms with Crippen molar-refractivity contribution in [2.45, 2.75) is 90.1 Å². The number of nitrogens with one attached hydrogen (secondary N) is 3. The molecular formula is C31H66F6IN9O10S2. The first-order valence-corrected chi connectivity index (χ1v) is 20.6. The largest absolute Gasteiger partial charge is 1.00 e. The Hall–Kier alpha value is -2.22. The fourth-order valence-corrected chi connectivity index (χ4v) is 5.76. The molecule has 0 heterocycles. The number of alkyl halides is 6. The molecule has 0 radical (unpaired) electrons.